The highest BCUT2D eigenvalue weighted by Gasteiger charge is 2.16. The van der Waals surface area contributed by atoms with Gasteiger partial charge in [0.15, 0.2) is 0 Å². The number of carbonyl (C=O) groups is 1. The number of nitrogens with zero attached hydrogens (tertiary/aromatic N) is 2. The first-order chi connectivity index (χ1) is 8.58. The van der Waals surface area contributed by atoms with E-state index in [9.17, 15) is 9.18 Å². The average molecular weight is 247 g/mol. The van der Waals surface area contributed by atoms with Crippen LogP contribution in [-0.4, -0.2) is 15.7 Å². The summed E-state index contributed by atoms with van der Waals surface area (Å²) in [7, 11) is 0. The molecule has 0 saturated carbocycles. The van der Waals surface area contributed by atoms with Crippen LogP contribution in [0, 0.1) is 12.7 Å². The van der Waals surface area contributed by atoms with Crippen molar-refractivity contribution in [1.29, 1.82) is 0 Å². The molecule has 0 fully saturated rings. The Morgan fingerprint density at radius 1 is 1.50 bits per heavy atom. The SMILES string of the molecule is Cc1ccc(F)c(NC(=O)C(C)n2cccn2)c1. The van der Waals surface area contributed by atoms with Crippen LogP contribution in [0.3, 0.4) is 0 Å². The van der Waals surface area contributed by atoms with Crippen molar-refractivity contribution in [2.75, 3.05) is 5.32 Å². The minimum atomic E-state index is -0.486. The van der Waals surface area contributed by atoms with Crippen LogP contribution in [0.25, 0.3) is 0 Å². The number of carbonyl (C=O) groups excluding carboxylic acids is 1. The normalized spacial score (nSPS) is 12.2. The number of amides is 1. The average Bonchev–Trinajstić information content (AvgIpc) is 2.86. The lowest BCUT2D eigenvalue weighted by atomic mass is 10.2. The van der Waals surface area contributed by atoms with Crippen LogP contribution >= 0.6 is 0 Å². The molecule has 0 aliphatic carbocycles. The Morgan fingerprint density at radius 3 is 2.94 bits per heavy atom. The summed E-state index contributed by atoms with van der Waals surface area (Å²) in [5.41, 5.74) is 1.08. The van der Waals surface area contributed by atoms with Gasteiger partial charge < -0.3 is 5.32 Å². The summed E-state index contributed by atoms with van der Waals surface area (Å²) in [4.78, 5) is 11.9. The van der Waals surface area contributed by atoms with Crippen molar-refractivity contribution >= 4 is 11.6 Å². The van der Waals surface area contributed by atoms with E-state index in [1.807, 2.05) is 6.92 Å². The van der Waals surface area contributed by atoms with Gasteiger partial charge >= 0.3 is 0 Å². The first-order valence-electron chi connectivity index (χ1n) is 5.64. The van der Waals surface area contributed by atoms with E-state index in [4.69, 9.17) is 0 Å². The van der Waals surface area contributed by atoms with Gasteiger partial charge in [0.2, 0.25) is 5.91 Å². The highest BCUT2D eigenvalue weighted by molar-refractivity contribution is 5.93. The fourth-order valence-corrected chi connectivity index (χ4v) is 1.60. The fourth-order valence-electron chi connectivity index (χ4n) is 1.60. The van der Waals surface area contributed by atoms with Crippen molar-refractivity contribution in [2.24, 2.45) is 0 Å². The van der Waals surface area contributed by atoms with Crippen LogP contribution in [0.15, 0.2) is 36.7 Å². The Morgan fingerprint density at radius 2 is 2.28 bits per heavy atom. The molecule has 0 aliphatic heterocycles. The van der Waals surface area contributed by atoms with Crippen LogP contribution in [0.1, 0.15) is 18.5 Å². The molecule has 5 heteroatoms. The lowest BCUT2D eigenvalue weighted by Gasteiger charge is -2.13. The number of nitrogens with one attached hydrogen (secondary N) is 1. The summed E-state index contributed by atoms with van der Waals surface area (Å²) >= 11 is 0. The number of aromatic nitrogens is 2. The molecule has 0 bridgehead atoms. The molecule has 2 aromatic rings. The molecule has 1 aromatic carbocycles. The second-order valence-electron chi connectivity index (χ2n) is 4.13. The molecule has 1 unspecified atom stereocenters. The first kappa shape index (κ1) is 12.3. The zero-order chi connectivity index (χ0) is 13.1. The third-order valence-electron chi connectivity index (χ3n) is 2.68. The van der Waals surface area contributed by atoms with Crippen LogP contribution in [0.4, 0.5) is 10.1 Å². The maximum Gasteiger partial charge on any atom is 0.249 e. The Labute approximate surface area is 104 Å². The van der Waals surface area contributed by atoms with E-state index in [1.165, 1.54) is 10.7 Å². The molecule has 1 N–H and O–H groups in total. The maximum atomic E-state index is 13.5. The Kier molecular flexibility index (Phi) is 3.41. The maximum absolute atomic E-state index is 13.5. The van der Waals surface area contributed by atoms with Gasteiger partial charge in [-0.2, -0.15) is 5.10 Å². The zero-order valence-electron chi connectivity index (χ0n) is 10.2. The van der Waals surface area contributed by atoms with E-state index >= 15 is 0 Å². The molecule has 0 saturated heterocycles. The first-order valence-corrected chi connectivity index (χ1v) is 5.64. The number of rotatable bonds is 3. The van der Waals surface area contributed by atoms with Gasteiger partial charge in [-0.25, -0.2) is 4.39 Å². The molecule has 1 atom stereocenters. The molecule has 2 rings (SSSR count). The van der Waals surface area contributed by atoms with E-state index in [0.717, 1.165) is 5.56 Å². The fraction of sp³-hybridized carbons (Fsp3) is 0.231. The molecule has 0 aliphatic rings. The van der Waals surface area contributed by atoms with Gasteiger partial charge in [-0.3, -0.25) is 9.48 Å². The van der Waals surface area contributed by atoms with Crippen LogP contribution < -0.4 is 5.32 Å². The minimum absolute atomic E-state index is 0.194. The number of hydrogen-bond acceptors (Lipinski definition) is 2. The predicted molar refractivity (Wildman–Crippen MR) is 66.7 cm³/mol. The molecular formula is C13H14FN3O. The lowest BCUT2D eigenvalue weighted by molar-refractivity contribution is -0.119. The van der Waals surface area contributed by atoms with Crippen molar-refractivity contribution in [3.05, 3.63) is 48.0 Å². The van der Waals surface area contributed by atoms with Crippen LogP contribution in [0.2, 0.25) is 0 Å². The van der Waals surface area contributed by atoms with Crippen molar-refractivity contribution in [3.63, 3.8) is 0 Å². The van der Waals surface area contributed by atoms with Gasteiger partial charge in [-0.15, -0.1) is 0 Å². The van der Waals surface area contributed by atoms with E-state index in [0.29, 0.717) is 0 Å². The Bertz CT molecular complexity index is 551. The number of halogens is 1. The third kappa shape index (κ3) is 2.56. The molecule has 1 heterocycles. The van der Waals surface area contributed by atoms with Gasteiger partial charge in [0.1, 0.15) is 11.9 Å². The highest BCUT2D eigenvalue weighted by Crippen LogP contribution is 2.17. The summed E-state index contributed by atoms with van der Waals surface area (Å²) in [5.74, 6) is -0.746. The lowest BCUT2D eigenvalue weighted by Crippen LogP contribution is -2.24. The molecule has 1 amide bonds. The molecule has 1 aromatic heterocycles. The van der Waals surface area contributed by atoms with Crippen molar-refractivity contribution in [1.82, 2.24) is 9.78 Å². The number of anilines is 1. The predicted octanol–water partition coefficient (Wildman–Crippen LogP) is 2.53. The summed E-state index contributed by atoms with van der Waals surface area (Å²) < 4.78 is 15.0. The standard InChI is InChI=1S/C13H14FN3O/c1-9-4-5-11(14)12(8-9)16-13(18)10(2)17-7-3-6-15-17/h3-8,10H,1-2H3,(H,16,18). The Hall–Kier alpha value is -2.17. The van der Waals surface area contributed by atoms with E-state index in [2.05, 4.69) is 10.4 Å². The van der Waals surface area contributed by atoms with Crippen molar-refractivity contribution in [3.8, 4) is 0 Å². The zero-order valence-corrected chi connectivity index (χ0v) is 10.2. The largest absolute Gasteiger partial charge is 0.322 e. The Balaban J connectivity index is 2.14. The van der Waals surface area contributed by atoms with Gasteiger partial charge in [-0.1, -0.05) is 6.07 Å². The topological polar surface area (TPSA) is 46.9 Å². The summed E-state index contributed by atoms with van der Waals surface area (Å²) in [6.07, 6.45) is 3.29. The van der Waals surface area contributed by atoms with E-state index in [-0.39, 0.29) is 11.6 Å². The van der Waals surface area contributed by atoms with Gasteiger partial charge in [0, 0.05) is 12.4 Å². The minimum Gasteiger partial charge on any atom is -0.322 e. The molecular weight excluding hydrogens is 233 g/mol. The highest BCUT2D eigenvalue weighted by atomic mass is 19.1. The number of benzene rings is 1. The second-order valence-corrected chi connectivity index (χ2v) is 4.13. The summed E-state index contributed by atoms with van der Waals surface area (Å²) in [6, 6.07) is 5.84. The number of hydrogen-bond donors (Lipinski definition) is 1. The van der Waals surface area contributed by atoms with Crippen LogP contribution in [0.5, 0.6) is 0 Å². The quantitative estimate of drug-likeness (QED) is 0.906. The van der Waals surface area contributed by atoms with E-state index in [1.54, 1.807) is 37.5 Å². The van der Waals surface area contributed by atoms with Crippen molar-refractivity contribution < 1.29 is 9.18 Å². The monoisotopic (exact) mass is 247 g/mol. The molecule has 4 nitrogen and oxygen atoms in total. The smallest absolute Gasteiger partial charge is 0.249 e. The number of aryl methyl sites for hydroxylation is 1. The van der Waals surface area contributed by atoms with Crippen molar-refractivity contribution in [2.45, 2.75) is 19.9 Å². The third-order valence-corrected chi connectivity index (χ3v) is 2.68. The van der Waals surface area contributed by atoms with Gasteiger partial charge in [0.05, 0.1) is 5.69 Å². The molecule has 0 spiro atoms. The van der Waals surface area contributed by atoms with Gasteiger partial charge in [-0.05, 0) is 37.6 Å². The second kappa shape index (κ2) is 5.00. The summed E-state index contributed by atoms with van der Waals surface area (Å²) in [5, 5.41) is 6.55. The van der Waals surface area contributed by atoms with Crippen LogP contribution in [-0.2, 0) is 4.79 Å². The van der Waals surface area contributed by atoms with E-state index < -0.39 is 11.9 Å². The summed E-state index contributed by atoms with van der Waals surface area (Å²) in [6.45, 7) is 3.54. The molecule has 0 radical (unpaired) electrons. The van der Waals surface area contributed by atoms with Gasteiger partial charge in [0.25, 0.3) is 0 Å². The molecule has 94 valence electrons. The molecule has 18 heavy (non-hydrogen) atoms.